The molecule has 0 saturated heterocycles. The average Bonchev–Trinajstić information content (AvgIpc) is 2.76. The Balaban J connectivity index is 1.77. The van der Waals surface area contributed by atoms with Gasteiger partial charge in [-0.25, -0.2) is 0 Å². The van der Waals surface area contributed by atoms with Crippen molar-refractivity contribution < 1.29 is 26.7 Å². The highest BCUT2D eigenvalue weighted by Gasteiger charge is 2.38. The van der Waals surface area contributed by atoms with Gasteiger partial charge in [0.05, 0.1) is 22.7 Å². The van der Waals surface area contributed by atoms with Crippen LogP contribution in [0.5, 0.6) is 0 Å². The van der Waals surface area contributed by atoms with E-state index in [0.717, 1.165) is 29.7 Å². The number of alkyl halides is 5. The molecule has 3 nitrogen and oxygen atoms in total. The van der Waals surface area contributed by atoms with Gasteiger partial charge in [0.1, 0.15) is 5.69 Å². The molecule has 1 heterocycles. The van der Waals surface area contributed by atoms with Crippen molar-refractivity contribution in [1.82, 2.24) is 10.3 Å². The van der Waals surface area contributed by atoms with Gasteiger partial charge in [0.2, 0.25) is 0 Å². The molecule has 0 unspecified atom stereocenters. The number of hydrogen-bond donors (Lipinski definition) is 1. The number of amides is 1. The van der Waals surface area contributed by atoms with Gasteiger partial charge < -0.3 is 5.32 Å². The second-order valence-electron chi connectivity index (χ2n) is 7.04. The first-order valence-corrected chi connectivity index (χ1v) is 9.98. The largest absolute Gasteiger partial charge is 0.417 e. The van der Waals surface area contributed by atoms with Gasteiger partial charge in [-0.3, -0.25) is 9.78 Å². The van der Waals surface area contributed by atoms with Gasteiger partial charge in [-0.2, -0.15) is 22.0 Å². The standard InChI is InChI=1S/C23H18ClF5N2O/c1-2-14-7-9-15(10-8-14)16-11-19(24)20(30-12-16)22(25,26)13-31-21(32)17-5-3-4-6-18(17)23(27,28)29/h3-12H,2,13H2,1H3,(H,31,32). The first kappa shape index (κ1) is 23.7. The van der Waals surface area contributed by atoms with Gasteiger partial charge in [-0.05, 0) is 35.7 Å². The number of carbonyl (C=O) groups is 1. The van der Waals surface area contributed by atoms with Crippen molar-refractivity contribution in [1.29, 1.82) is 0 Å². The molecule has 0 aliphatic heterocycles. The number of rotatable bonds is 6. The van der Waals surface area contributed by atoms with E-state index in [0.29, 0.717) is 11.6 Å². The van der Waals surface area contributed by atoms with E-state index >= 15 is 0 Å². The molecule has 1 N–H and O–H groups in total. The molecule has 1 aromatic heterocycles. The molecular weight excluding hydrogens is 451 g/mol. The van der Waals surface area contributed by atoms with E-state index in [9.17, 15) is 26.7 Å². The highest BCUT2D eigenvalue weighted by molar-refractivity contribution is 6.31. The lowest BCUT2D eigenvalue weighted by Crippen LogP contribution is -2.36. The summed E-state index contributed by atoms with van der Waals surface area (Å²) in [6, 6.07) is 12.7. The number of benzene rings is 2. The lowest BCUT2D eigenvalue weighted by atomic mass is 10.0. The number of pyridine rings is 1. The molecule has 0 spiro atoms. The van der Waals surface area contributed by atoms with Crippen LogP contribution < -0.4 is 5.32 Å². The maximum Gasteiger partial charge on any atom is 0.417 e. The van der Waals surface area contributed by atoms with Crippen LogP contribution in [0.1, 0.15) is 34.1 Å². The molecule has 2 aromatic carbocycles. The van der Waals surface area contributed by atoms with Crippen LogP contribution in [0.3, 0.4) is 0 Å². The number of aryl methyl sites for hydroxylation is 1. The molecule has 0 bridgehead atoms. The Morgan fingerprint density at radius 2 is 1.66 bits per heavy atom. The maximum atomic E-state index is 14.7. The molecule has 0 radical (unpaired) electrons. The van der Waals surface area contributed by atoms with Gasteiger partial charge in [-0.15, -0.1) is 0 Å². The van der Waals surface area contributed by atoms with Crippen LogP contribution in [-0.2, 0) is 18.5 Å². The normalized spacial score (nSPS) is 12.0. The fourth-order valence-corrected chi connectivity index (χ4v) is 3.40. The van der Waals surface area contributed by atoms with Crippen LogP contribution in [0.15, 0.2) is 60.8 Å². The molecule has 3 aromatic rings. The second kappa shape index (κ2) is 9.24. The predicted molar refractivity (Wildman–Crippen MR) is 112 cm³/mol. The van der Waals surface area contributed by atoms with Crippen LogP contribution in [0, 0.1) is 0 Å². The third-order valence-corrected chi connectivity index (χ3v) is 5.12. The second-order valence-corrected chi connectivity index (χ2v) is 7.44. The Morgan fingerprint density at radius 1 is 1.00 bits per heavy atom. The van der Waals surface area contributed by atoms with Crippen molar-refractivity contribution in [2.45, 2.75) is 25.4 Å². The maximum absolute atomic E-state index is 14.7. The van der Waals surface area contributed by atoms with Crippen molar-refractivity contribution in [2.24, 2.45) is 0 Å². The zero-order valence-corrected chi connectivity index (χ0v) is 17.6. The van der Waals surface area contributed by atoms with E-state index < -0.39 is 41.4 Å². The Morgan fingerprint density at radius 3 is 2.25 bits per heavy atom. The van der Waals surface area contributed by atoms with E-state index in [1.165, 1.54) is 18.3 Å². The van der Waals surface area contributed by atoms with Crippen molar-refractivity contribution in [3.05, 3.63) is 88.2 Å². The van der Waals surface area contributed by atoms with Crippen LogP contribution >= 0.6 is 11.6 Å². The lowest BCUT2D eigenvalue weighted by Gasteiger charge is -2.19. The summed E-state index contributed by atoms with van der Waals surface area (Å²) in [7, 11) is 0. The molecule has 168 valence electrons. The summed E-state index contributed by atoms with van der Waals surface area (Å²) in [5.74, 6) is -4.98. The number of hydrogen-bond acceptors (Lipinski definition) is 2. The fourth-order valence-electron chi connectivity index (χ4n) is 3.10. The highest BCUT2D eigenvalue weighted by Crippen LogP contribution is 2.35. The molecule has 1 amide bonds. The summed E-state index contributed by atoms with van der Waals surface area (Å²) in [4.78, 5) is 15.9. The SMILES string of the molecule is CCc1ccc(-c2cnc(C(F)(F)CNC(=O)c3ccccc3C(F)(F)F)c(Cl)c2)cc1. The lowest BCUT2D eigenvalue weighted by molar-refractivity contribution is -0.137. The molecule has 0 aliphatic rings. The molecular formula is C23H18ClF5N2O. The third-order valence-electron chi connectivity index (χ3n) is 4.83. The Hall–Kier alpha value is -3.00. The Labute approximate surface area is 186 Å². The Bertz CT molecular complexity index is 1110. The zero-order valence-electron chi connectivity index (χ0n) is 16.8. The summed E-state index contributed by atoms with van der Waals surface area (Å²) in [6.45, 7) is 0.736. The molecule has 0 fully saturated rings. The molecule has 3 rings (SSSR count). The monoisotopic (exact) mass is 468 g/mol. The fraction of sp³-hybridized carbons (Fsp3) is 0.217. The van der Waals surface area contributed by atoms with E-state index in [1.54, 1.807) is 0 Å². The quantitative estimate of drug-likeness (QED) is 0.419. The van der Waals surface area contributed by atoms with Crippen LogP contribution in [0.25, 0.3) is 11.1 Å². The zero-order chi connectivity index (χ0) is 23.5. The van der Waals surface area contributed by atoms with Crippen molar-refractivity contribution in [3.8, 4) is 11.1 Å². The molecule has 0 aliphatic carbocycles. The van der Waals surface area contributed by atoms with Crippen molar-refractivity contribution in [3.63, 3.8) is 0 Å². The molecule has 0 saturated carbocycles. The minimum atomic E-state index is -4.80. The smallest absolute Gasteiger partial charge is 0.346 e. The number of nitrogens with one attached hydrogen (secondary N) is 1. The van der Waals surface area contributed by atoms with E-state index in [2.05, 4.69) is 4.98 Å². The number of nitrogens with zero attached hydrogens (tertiary/aromatic N) is 1. The average molecular weight is 469 g/mol. The number of carbonyl (C=O) groups excluding carboxylic acids is 1. The Kier molecular flexibility index (Phi) is 6.83. The van der Waals surface area contributed by atoms with E-state index in [1.807, 2.05) is 36.5 Å². The van der Waals surface area contributed by atoms with Crippen LogP contribution in [0.2, 0.25) is 5.02 Å². The van der Waals surface area contributed by atoms with E-state index in [4.69, 9.17) is 11.6 Å². The molecule has 9 heteroatoms. The first-order chi connectivity index (χ1) is 15.0. The van der Waals surface area contributed by atoms with Gasteiger partial charge in [-0.1, -0.05) is 54.9 Å². The minimum Gasteiger partial charge on any atom is -0.346 e. The number of aromatic nitrogens is 1. The number of halogens is 6. The molecule has 32 heavy (non-hydrogen) atoms. The molecule has 0 atom stereocenters. The summed E-state index contributed by atoms with van der Waals surface area (Å²) >= 11 is 6.04. The summed E-state index contributed by atoms with van der Waals surface area (Å²) in [5.41, 5.74) is -0.365. The van der Waals surface area contributed by atoms with Crippen molar-refractivity contribution >= 4 is 17.5 Å². The predicted octanol–water partition coefficient (Wildman–Crippen LogP) is 6.51. The first-order valence-electron chi connectivity index (χ1n) is 9.60. The minimum absolute atomic E-state index is 0.322. The third kappa shape index (κ3) is 5.24. The van der Waals surface area contributed by atoms with Gasteiger partial charge in [0, 0.05) is 11.8 Å². The van der Waals surface area contributed by atoms with Gasteiger partial charge in [0.25, 0.3) is 5.91 Å². The summed E-state index contributed by atoms with van der Waals surface area (Å²) in [5, 5.41) is 1.53. The van der Waals surface area contributed by atoms with Gasteiger partial charge in [0.15, 0.2) is 0 Å². The summed E-state index contributed by atoms with van der Waals surface area (Å²) in [6.07, 6.45) is -2.72. The van der Waals surface area contributed by atoms with Crippen LogP contribution in [-0.4, -0.2) is 17.4 Å². The van der Waals surface area contributed by atoms with Crippen LogP contribution in [0.4, 0.5) is 22.0 Å². The van der Waals surface area contributed by atoms with Gasteiger partial charge >= 0.3 is 12.1 Å². The highest BCUT2D eigenvalue weighted by atomic mass is 35.5. The summed E-state index contributed by atoms with van der Waals surface area (Å²) < 4.78 is 68.5. The topological polar surface area (TPSA) is 42.0 Å². The van der Waals surface area contributed by atoms with Crippen molar-refractivity contribution in [2.75, 3.05) is 6.54 Å². The van der Waals surface area contributed by atoms with E-state index in [-0.39, 0.29) is 5.02 Å².